The van der Waals surface area contributed by atoms with Crippen LogP contribution >= 0.6 is 0 Å². The molecular weight excluding hydrogens is 290 g/mol. The van der Waals surface area contributed by atoms with Gasteiger partial charge in [-0.15, -0.1) is 0 Å². The fourth-order valence-electron chi connectivity index (χ4n) is 2.58. The standard InChI is InChI=1S/C13H19N5O4/c1-2-3-21-10-9(20)7(4-19)22-13(10)18-6-17-8-11(14)15-5-16-12(8)18/h5-7,9-10,13,19-20H,2-4H2,1H3,(H2,14,15,16)/t7-,9?,10?,13-/m1/s1. The fourth-order valence-corrected chi connectivity index (χ4v) is 2.58. The van der Waals surface area contributed by atoms with Crippen molar-refractivity contribution in [2.45, 2.75) is 37.9 Å². The van der Waals surface area contributed by atoms with Crippen LogP contribution < -0.4 is 5.73 Å². The number of rotatable bonds is 5. The number of aromatic nitrogens is 4. The molecule has 0 saturated carbocycles. The molecule has 1 aliphatic heterocycles. The average Bonchev–Trinajstić information content (AvgIpc) is 3.07. The van der Waals surface area contributed by atoms with Crippen LogP contribution in [0.25, 0.3) is 11.2 Å². The Balaban J connectivity index is 1.97. The maximum Gasteiger partial charge on any atom is 0.167 e. The first kappa shape index (κ1) is 15.1. The summed E-state index contributed by atoms with van der Waals surface area (Å²) in [6, 6.07) is 0. The molecule has 1 fully saturated rings. The van der Waals surface area contributed by atoms with E-state index in [1.54, 1.807) is 4.57 Å². The van der Waals surface area contributed by atoms with Crippen molar-refractivity contribution in [1.29, 1.82) is 0 Å². The largest absolute Gasteiger partial charge is 0.394 e. The normalized spacial score (nSPS) is 28.5. The molecule has 22 heavy (non-hydrogen) atoms. The van der Waals surface area contributed by atoms with Gasteiger partial charge in [-0.05, 0) is 6.42 Å². The molecule has 2 aromatic rings. The molecule has 9 nitrogen and oxygen atoms in total. The van der Waals surface area contributed by atoms with Crippen LogP contribution in [0.4, 0.5) is 5.82 Å². The third-order valence-corrected chi connectivity index (χ3v) is 3.67. The first-order valence-corrected chi connectivity index (χ1v) is 7.16. The summed E-state index contributed by atoms with van der Waals surface area (Å²) < 4.78 is 13.1. The van der Waals surface area contributed by atoms with Crippen molar-refractivity contribution in [2.75, 3.05) is 18.9 Å². The van der Waals surface area contributed by atoms with Gasteiger partial charge in [-0.3, -0.25) is 4.57 Å². The van der Waals surface area contributed by atoms with Crippen LogP contribution in [0.1, 0.15) is 19.6 Å². The fraction of sp³-hybridized carbons (Fsp3) is 0.615. The average molecular weight is 309 g/mol. The van der Waals surface area contributed by atoms with E-state index in [1.165, 1.54) is 12.7 Å². The lowest BCUT2D eigenvalue weighted by Crippen LogP contribution is -2.35. The molecule has 1 saturated heterocycles. The summed E-state index contributed by atoms with van der Waals surface area (Å²) in [5.74, 6) is 0.270. The zero-order chi connectivity index (χ0) is 15.7. The van der Waals surface area contributed by atoms with Crippen molar-refractivity contribution in [3.05, 3.63) is 12.7 Å². The molecule has 4 atom stereocenters. The maximum atomic E-state index is 10.3. The number of fused-ring (bicyclic) bond motifs is 1. The van der Waals surface area contributed by atoms with E-state index in [0.717, 1.165) is 6.42 Å². The number of aliphatic hydroxyl groups is 2. The van der Waals surface area contributed by atoms with Gasteiger partial charge in [-0.2, -0.15) is 0 Å². The van der Waals surface area contributed by atoms with Crippen LogP contribution in [0.15, 0.2) is 12.7 Å². The van der Waals surface area contributed by atoms with E-state index < -0.39 is 24.5 Å². The van der Waals surface area contributed by atoms with Gasteiger partial charge in [0.15, 0.2) is 17.7 Å². The number of hydrogen-bond donors (Lipinski definition) is 3. The second-order valence-electron chi connectivity index (χ2n) is 5.16. The van der Waals surface area contributed by atoms with Crippen LogP contribution in [-0.4, -0.2) is 61.3 Å². The minimum Gasteiger partial charge on any atom is -0.394 e. The summed E-state index contributed by atoms with van der Waals surface area (Å²) >= 11 is 0. The quantitative estimate of drug-likeness (QED) is 0.671. The molecule has 3 rings (SSSR count). The van der Waals surface area contributed by atoms with Crippen molar-refractivity contribution < 1.29 is 19.7 Å². The van der Waals surface area contributed by atoms with Crippen molar-refractivity contribution in [2.24, 2.45) is 0 Å². The number of imidazole rings is 1. The van der Waals surface area contributed by atoms with Crippen molar-refractivity contribution in [3.8, 4) is 0 Å². The van der Waals surface area contributed by atoms with E-state index >= 15 is 0 Å². The molecule has 1 aliphatic rings. The Morgan fingerprint density at radius 2 is 2.23 bits per heavy atom. The van der Waals surface area contributed by atoms with Gasteiger partial charge in [-0.1, -0.05) is 6.92 Å². The van der Waals surface area contributed by atoms with E-state index in [2.05, 4.69) is 15.0 Å². The monoisotopic (exact) mass is 309 g/mol. The number of aliphatic hydroxyl groups excluding tert-OH is 2. The van der Waals surface area contributed by atoms with Crippen LogP contribution in [-0.2, 0) is 9.47 Å². The second kappa shape index (κ2) is 6.13. The summed E-state index contributed by atoms with van der Waals surface area (Å²) in [6.45, 7) is 2.15. The minimum atomic E-state index is -0.932. The highest BCUT2D eigenvalue weighted by atomic mass is 16.6. The lowest BCUT2D eigenvalue weighted by Gasteiger charge is -2.21. The first-order chi connectivity index (χ1) is 10.7. The first-order valence-electron chi connectivity index (χ1n) is 7.16. The van der Waals surface area contributed by atoms with Crippen molar-refractivity contribution in [3.63, 3.8) is 0 Å². The molecule has 0 aromatic carbocycles. The van der Waals surface area contributed by atoms with Gasteiger partial charge in [0.25, 0.3) is 0 Å². The van der Waals surface area contributed by atoms with E-state index in [4.69, 9.17) is 15.2 Å². The van der Waals surface area contributed by atoms with Gasteiger partial charge in [0.1, 0.15) is 30.2 Å². The van der Waals surface area contributed by atoms with E-state index in [-0.39, 0.29) is 12.4 Å². The third kappa shape index (κ3) is 2.41. The van der Waals surface area contributed by atoms with Crippen molar-refractivity contribution >= 4 is 17.0 Å². The molecule has 0 spiro atoms. The van der Waals surface area contributed by atoms with Gasteiger partial charge in [0.05, 0.1) is 12.9 Å². The molecule has 0 bridgehead atoms. The second-order valence-corrected chi connectivity index (χ2v) is 5.16. The molecule has 3 heterocycles. The summed E-state index contributed by atoms with van der Waals surface area (Å²) in [5, 5.41) is 19.6. The molecular formula is C13H19N5O4. The molecule has 0 aliphatic carbocycles. The summed E-state index contributed by atoms with van der Waals surface area (Å²) in [4.78, 5) is 12.2. The molecule has 4 N–H and O–H groups in total. The van der Waals surface area contributed by atoms with E-state index in [1.807, 2.05) is 6.92 Å². The Morgan fingerprint density at radius 1 is 1.41 bits per heavy atom. The van der Waals surface area contributed by atoms with Gasteiger partial charge in [-0.25, -0.2) is 15.0 Å². The molecule has 2 unspecified atom stereocenters. The van der Waals surface area contributed by atoms with Crippen LogP contribution in [0.3, 0.4) is 0 Å². The Bertz CT molecular complexity index is 648. The predicted octanol–water partition coefficient (Wildman–Crippen LogP) is -0.546. The van der Waals surface area contributed by atoms with Crippen molar-refractivity contribution in [1.82, 2.24) is 19.5 Å². The Labute approximate surface area is 126 Å². The predicted molar refractivity (Wildman–Crippen MR) is 76.8 cm³/mol. The lowest BCUT2D eigenvalue weighted by molar-refractivity contribution is -0.0703. The summed E-state index contributed by atoms with van der Waals surface area (Å²) in [5.41, 5.74) is 6.73. The minimum absolute atomic E-state index is 0.270. The van der Waals surface area contributed by atoms with Gasteiger partial charge < -0.3 is 25.4 Å². The Hall–Kier alpha value is -1.81. The molecule has 0 amide bonds. The van der Waals surface area contributed by atoms with Crippen LogP contribution in [0.5, 0.6) is 0 Å². The number of anilines is 1. The van der Waals surface area contributed by atoms with Crippen LogP contribution in [0.2, 0.25) is 0 Å². The molecule has 2 aromatic heterocycles. The Morgan fingerprint density at radius 3 is 2.95 bits per heavy atom. The summed E-state index contributed by atoms with van der Waals surface area (Å²) in [7, 11) is 0. The summed E-state index contributed by atoms with van der Waals surface area (Å²) in [6.07, 6.45) is 0.756. The highest BCUT2D eigenvalue weighted by Crippen LogP contribution is 2.33. The Kier molecular flexibility index (Phi) is 4.21. The number of nitrogens with two attached hydrogens (primary N) is 1. The van der Waals surface area contributed by atoms with Gasteiger partial charge in [0, 0.05) is 6.61 Å². The smallest absolute Gasteiger partial charge is 0.167 e. The number of ether oxygens (including phenoxy) is 2. The zero-order valence-corrected chi connectivity index (χ0v) is 12.2. The maximum absolute atomic E-state index is 10.3. The van der Waals surface area contributed by atoms with Crippen LogP contribution in [0, 0.1) is 0 Å². The molecule has 9 heteroatoms. The van der Waals surface area contributed by atoms with Gasteiger partial charge in [0.2, 0.25) is 0 Å². The number of nitrogens with zero attached hydrogens (tertiary/aromatic N) is 4. The molecule has 120 valence electrons. The SMILES string of the molecule is CCCOC1C(O)[C@@H](CO)O[C@H]1n1cnc2c(N)ncnc21. The highest BCUT2D eigenvalue weighted by molar-refractivity contribution is 5.81. The molecule has 0 radical (unpaired) electrons. The lowest BCUT2D eigenvalue weighted by atomic mass is 10.1. The number of nitrogen functional groups attached to an aromatic ring is 1. The third-order valence-electron chi connectivity index (χ3n) is 3.67. The number of hydrogen-bond acceptors (Lipinski definition) is 8. The van der Waals surface area contributed by atoms with E-state index in [0.29, 0.717) is 17.8 Å². The highest BCUT2D eigenvalue weighted by Gasteiger charge is 2.45. The van der Waals surface area contributed by atoms with E-state index in [9.17, 15) is 10.2 Å². The van der Waals surface area contributed by atoms with Gasteiger partial charge >= 0.3 is 0 Å². The zero-order valence-electron chi connectivity index (χ0n) is 12.2. The topological polar surface area (TPSA) is 129 Å².